The van der Waals surface area contributed by atoms with Gasteiger partial charge in [0, 0.05) is 18.3 Å². The highest BCUT2D eigenvalue weighted by molar-refractivity contribution is 5.20. The summed E-state index contributed by atoms with van der Waals surface area (Å²) in [5, 5.41) is 7.72. The number of rotatable bonds is 6. The summed E-state index contributed by atoms with van der Waals surface area (Å²) in [7, 11) is 0. The van der Waals surface area contributed by atoms with Gasteiger partial charge in [-0.2, -0.15) is 5.10 Å². The summed E-state index contributed by atoms with van der Waals surface area (Å²) < 4.78 is 27.8. The highest BCUT2D eigenvalue weighted by Crippen LogP contribution is 2.12. The van der Waals surface area contributed by atoms with E-state index >= 15 is 0 Å². The van der Waals surface area contributed by atoms with E-state index in [0.717, 1.165) is 36.8 Å². The van der Waals surface area contributed by atoms with Crippen molar-refractivity contribution in [3.05, 3.63) is 52.9 Å². The Morgan fingerprint density at radius 2 is 2.05 bits per heavy atom. The van der Waals surface area contributed by atoms with Crippen LogP contribution in [0.2, 0.25) is 0 Å². The third-order valence-corrected chi connectivity index (χ3v) is 3.12. The molecule has 0 saturated heterocycles. The van der Waals surface area contributed by atoms with Gasteiger partial charge >= 0.3 is 0 Å². The van der Waals surface area contributed by atoms with Crippen molar-refractivity contribution >= 4 is 0 Å². The van der Waals surface area contributed by atoms with Crippen LogP contribution in [0.3, 0.4) is 0 Å². The van der Waals surface area contributed by atoms with Crippen LogP contribution < -0.4 is 5.32 Å². The summed E-state index contributed by atoms with van der Waals surface area (Å²) in [6, 6.07) is 3.93. The van der Waals surface area contributed by atoms with Gasteiger partial charge in [0.1, 0.15) is 0 Å². The molecule has 1 heterocycles. The molecule has 2 aromatic rings. The van der Waals surface area contributed by atoms with Crippen molar-refractivity contribution < 1.29 is 8.78 Å². The lowest BCUT2D eigenvalue weighted by atomic mass is 10.2. The van der Waals surface area contributed by atoms with E-state index in [1.54, 1.807) is 10.7 Å². The summed E-state index contributed by atoms with van der Waals surface area (Å²) >= 11 is 0. The van der Waals surface area contributed by atoms with Crippen LogP contribution in [0.15, 0.2) is 24.4 Å². The number of nitrogens with one attached hydrogen (secondary N) is 1. The maximum Gasteiger partial charge on any atom is 0.159 e. The van der Waals surface area contributed by atoms with Crippen LogP contribution in [-0.4, -0.2) is 16.3 Å². The number of hydrogen-bond donors (Lipinski definition) is 1. The predicted octanol–water partition coefficient (Wildman–Crippen LogP) is 3.02. The van der Waals surface area contributed by atoms with Gasteiger partial charge in [-0.05, 0) is 37.6 Å². The SMILES string of the molecule is CCCNCc1cn(Cc2ccc(F)c(F)c2)nc1C. The van der Waals surface area contributed by atoms with Gasteiger partial charge in [0.2, 0.25) is 0 Å². The first-order chi connectivity index (χ1) is 9.60. The molecule has 3 nitrogen and oxygen atoms in total. The van der Waals surface area contributed by atoms with Gasteiger partial charge in [-0.25, -0.2) is 8.78 Å². The Bertz CT molecular complexity index is 578. The average Bonchev–Trinajstić information content (AvgIpc) is 2.75. The molecule has 0 aliphatic rings. The quantitative estimate of drug-likeness (QED) is 0.824. The molecule has 108 valence electrons. The third-order valence-electron chi connectivity index (χ3n) is 3.12. The van der Waals surface area contributed by atoms with Crippen LogP contribution >= 0.6 is 0 Å². The fourth-order valence-corrected chi connectivity index (χ4v) is 2.04. The van der Waals surface area contributed by atoms with E-state index in [1.807, 2.05) is 13.1 Å². The van der Waals surface area contributed by atoms with E-state index < -0.39 is 11.6 Å². The van der Waals surface area contributed by atoms with E-state index in [0.29, 0.717) is 12.1 Å². The molecule has 0 atom stereocenters. The summed E-state index contributed by atoms with van der Waals surface area (Å²) in [6.07, 6.45) is 3.03. The van der Waals surface area contributed by atoms with Gasteiger partial charge in [-0.15, -0.1) is 0 Å². The molecule has 0 amide bonds. The number of aromatic nitrogens is 2. The molecular formula is C15H19F2N3. The molecule has 0 aliphatic heterocycles. The minimum absolute atomic E-state index is 0.436. The Balaban J connectivity index is 2.05. The van der Waals surface area contributed by atoms with Crippen LogP contribution in [0.1, 0.15) is 30.2 Å². The molecule has 0 spiro atoms. The second-order valence-electron chi connectivity index (χ2n) is 4.86. The molecule has 0 aliphatic carbocycles. The van der Waals surface area contributed by atoms with Crippen LogP contribution in [-0.2, 0) is 13.1 Å². The topological polar surface area (TPSA) is 29.9 Å². The normalized spacial score (nSPS) is 11.0. The number of benzene rings is 1. The molecule has 0 saturated carbocycles. The zero-order valence-corrected chi connectivity index (χ0v) is 11.8. The Hall–Kier alpha value is -1.75. The molecule has 0 unspecified atom stereocenters. The monoisotopic (exact) mass is 279 g/mol. The Labute approximate surface area is 117 Å². The molecule has 2 rings (SSSR count). The second-order valence-corrected chi connectivity index (χ2v) is 4.86. The number of aryl methyl sites for hydroxylation is 1. The minimum atomic E-state index is -0.824. The fraction of sp³-hybridized carbons (Fsp3) is 0.400. The van der Waals surface area contributed by atoms with Gasteiger partial charge in [0.25, 0.3) is 0 Å². The van der Waals surface area contributed by atoms with E-state index in [9.17, 15) is 8.78 Å². The van der Waals surface area contributed by atoms with Crippen molar-refractivity contribution in [3.8, 4) is 0 Å². The van der Waals surface area contributed by atoms with E-state index in [4.69, 9.17) is 0 Å². The Kier molecular flexibility index (Phi) is 4.84. The molecule has 0 fully saturated rings. The van der Waals surface area contributed by atoms with Crippen LogP contribution in [0.25, 0.3) is 0 Å². The number of halogens is 2. The molecule has 20 heavy (non-hydrogen) atoms. The van der Waals surface area contributed by atoms with Crippen molar-refractivity contribution in [3.63, 3.8) is 0 Å². The zero-order chi connectivity index (χ0) is 14.5. The van der Waals surface area contributed by atoms with Crippen molar-refractivity contribution in [2.24, 2.45) is 0 Å². The van der Waals surface area contributed by atoms with Gasteiger partial charge < -0.3 is 5.32 Å². The lowest BCUT2D eigenvalue weighted by Crippen LogP contribution is -2.13. The molecule has 0 radical (unpaired) electrons. The third kappa shape index (κ3) is 3.63. The van der Waals surface area contributed by atoms with E-state index in [-0.39, 0.29) is 0 Å². The summed E-state index contributed by atoms with van der Waals surface area (Å²) in [6.45, 7) is 6.24. The molecule has 1 aromatic carbocycles. The lowest BCUT2D eigenvalue weighted by molar-refractivity contribution is 0.505. The first-order valence-electron chi connectivity index (χ1n) is 6.77. The predicted molar refractivity (Wildman–Crippen MR) is 74.4 cm³/mol. The average molecular weight is 279 g/mol. The molecule has 1 N–H and O–H groups in total. The summed E-state index contributed by atoms with van der Waals surface area (Å²) in [5.41, 5.74) is 2.77. The van der Waals surface area contributed by atoms with Crippen molar-refractivity contribution in [2.75, 3.05) is 6.54 Å². The van der Waals surface area contributed by atoms with Gasteiger partial charge in [0.15, 0.2) is 11.6 Å². The first kappa shape index (κ1) is 14.7. The van der Waals surface area contributed by atoms with Crippen LogP contribution in [0.4, 0.5) is 8.78 Å². The molecule has 1 aromatic heterocycles. The Morgan fingerprint density at radius 1 is 1.25 bits per heavy atom. The first-order valence-corrected chi connectivity index (χ1v) is 6.77. The van der Waals surface area contributed by atoms with Gasteiger partial charge in [-0.3, -0.25) is 4.68 Å². The van der Waals surface area contributed by atoms with E-state index in [1.165, 1.54) is 6.07 Å². The van der Waals surface area contributed by atoms with Crippen molar-refractivity contribution in [1.82, 2.24) is 15.1 Å². The molecule has 0 bridgehead atoms. The highest BCUT2D eigenvalue weighted by atomic mass is 19.2. The van der Waals surface area contributed by atoms with Crippen LogP contribution in [0, 0.1) is 18.6 Å². The highest BCUT2D eigenvalue weighted by Gasteiger charge is 2.07. The fourth-order valence-electron chi connectivity index (χ4n) is 2.04. The number of hydrogen-bond acceptors (Lipinski definition) is 2. The van der Waals surface area contributed by atoms with Crippen LogP contribution in [0.5, 0.6) is 0 Å². The van der Waals surface area contributed by atoms with E-state index in [2.05, 4.69) is 17.3 Å². The molecular weight excluding hydrogens is 260 g/mol. The smallest absolute Gasteiger partial charge is 0.159 e. The molecule has 5 heteroatoms. The second kappa shape index (κ2) is 6.61. The number of nitrogens with zero attached hydrogens (tertiary/aromatic N) is 2. The summed E-state index contributed by atoms with van der Waals surface area (Å²) in [4.78, 5) is 0. The van der Waals surface area contributed by atoms with Gasteiger partial charge in [0.05, 0.1) is 12.2 Å². The van der Waals surface area contributed by atoms with Gasteiger partial charge in [-0.1, -0.05) is 13.0 Å². The van der Waals surface area contributed by atoms with Crippen molar-refractivity contribution in [2.45, 2.75) is 33.4 Å². The lowest BCUT2D eigenvalue weighted by Gasteiger charge is -2.02. The minimum Gasteiger partial charge on any atom is -0.313 e. The Morgan fingerprint density at radius 3 is 2.75 bits per heavy atom. The summed E-state index contributed by atoms with van der Waals surface area (Å²) in [5.74, 6) is -1.65. The standard InChI is InChI=1S/C15H19F2N3/c1-3-6-18-8-13-10-20(19-11(13)2)9-12-4-5-14(16)15(17)7-12/h4-5,7,10,18H,3,6,8-9H2,1-2H3. The van der Waals surface area contributed by atoms with Crippen molar-refractivity contribution in [1.29, 1.82) is 0 Å². The largest absolute Gasteiger partial charge is 0.313 e. The maximum atomic E-state index is 13.2. The zero-order valence-electron chi connectivity index (χ0n) is 11.8. The maximum absolute atomic E-state index is 13.2.